The molecule has 0 aliphatic rings. The topological polar surface area (TPSA) is 117 Å². The molecule has 3 aromatic heterocycles. The molecule has 3 heterocycles. The second-order valence-corrected chi connectivity index (χ2v) is 5.09. The summed E-state index contributed by atoms with van der Waals surface area (Å²) in [6.45, 7) is 1.64. The van der Waals surface area contributed by atoms with Gasteiger partial charge in [0.05, 0.1) is 16.7 Å². The SMILES string of the molecule is CC(O)CNC(=O)c1nc(-c2cnc3[nH]ccc3c2Cl)no1. The average Bonchev–Trinajstić information content (AvgIpc) is 3.14. The van der Waals surface area contributed by atoms with Crippen molar-refractivity contribution in [1.82, 2.24) is 25.4 Å². The van der Waals surface area contributed by atoms with Crippen LogP contribution in [-0.4, -0.2) is 43.8 Å². The van der Waals surface area contributed by atoms with Gasteiger partial charge in [-0.3, -0.25) is 4.79 Å². The van der Waals surface area contributed by atoms with E-state index >= 15 is 0 Å². The van der Waals surface area contributed by atoms with Crippen molar-refractivity contribution in [2.75, 3.05) is 6.54 Å². The number of carbonyl (C=O) groups excluding carboxylic acids is 1. The van der Waals surface area contributed by atoms with Gasteiger partial charge in [0.25, 0.3) is 0 Å². The van der Waals surface area contributed by atoms with Crippen molar-refractivity contribution in [3.8, 4) is 11.4 Å². The average molecular weight is 322 g/mol. The van der Waals surface area contributed by atoms with E-state index in [2.05, 4.69) is 25.4 Å². The number of nitrogens with one attached hydrogen (secondary N) is 2. The Morgan fingerprint density at radius 1 is 1.59 bits per heavy atom. The molecule has 1 atom stereocenters. The normalized spacial score (nSPS) is 12.5. The Kier molecular flexibility index (Phi) is 3.78. The zero-order valence-corrected chi connectivity index (χ0v) is 12.3. The molecule has 0 fully saturated rings. The van der Waals surface area contributed by atoms with Gasteiger partial charge in [0, 0.05) is 24.3 Å². The zero-order valence-electron chi connectivity index (χ0n) is 11.5. The van der Waals surface area contributed by atoms with Crippen LogP contribution in [0.3, 0.4) is 0 Å². The van der Waals surface area contributed by atoms with Crippen molar-refractivity contribution in [1.29, 1.82) is 0 Å². The molecule has 9 heteroatoms. The second kappa shape index (κ2) is 5.74. The summed E-state index contributed by atoms with van der Waals surface area (Å²) in [6, 6.07) is 1.78. The molecule has 3 aromatic rings. The van der Waals surface area contributed by atoms with Crippen molar-refractivity contribution < 1.29 is 14.4 Å². The van der Waals surface area contributed by atoms with E-state index in [1.54, 1.807) is 19.2 Å². The lowest BCUT2D eigenvalue weighted by Crippen LogP contribution is -2.30. The summed E-state index contributed by atoms with van der Waals surface area (Å²) in [5.41, 5.74) is 1.11. The minimum atomic E-state index is -0.666. The monoisotopic (exact) mass is 321 g/mol. The lowest BCUT2D eigenvalue weighted by molar-refractivity contribution is 0.0880. The van der Waals surface area contributed by atoms with Crippen LogP contribution in [0.25, 0.3) is 22.4 Å². The van der Waals surface area contributed by atoms with E-state index in [9.17, 15) is 4.79 Å². The van der Waals surface area contributed by atoms with Gasteiger partial charge in [0.2, 0.25) is 5.82 Å². The predicted octanol–water partition coefficient (Wildman–Crippen LogP) is 1.38. The van der Waals surface area contributed by atoms with Crippen molar-refractivity contribution in [3.05, 3.63) is 29.4 Å². The number of fused-ring (bicyclic) bond motifs is 1. The van der Waals surface area contributed by atoms with Crippen LogP contribution in [0.5, 0.6) is 0 Å². The molecule has 0 aliphatic carbocycles. The molecule has 0 aromatic carbocycles. The van der Waals surface area contributed by atoms with Gasteiger partial charge >= 0.3 is 11.8 Å². The Labute approximate surface area is 129 Å². The minimum absolute atomic E-state index is 0.0914. The van der Waals surface area contributed by atoms with Crippen LogP contribution in [0.2, 0.25) is 5.02 Å². The summed E-state index contributed by atoms with van der Waals surface area (Å²) >= 11 is 6.29. The summed E-state index contributed by atoms with van der Waals surface area (Å²) in [4.78, 5) is 22.9. The van der Waals surface area contributed by atoms with Crippen LogP contribution in [-0.2, 0) is 0 Å². The number of nitrogens with zero attached hydrogens (tertiary/aromatic N) is 3. The number of aromatic nitrogens is 4. The van der Waals surface area contributed by atoms with E-state index in [1.807, 2.05) is 0 Å². The number of aliphatic hydroxyl groups excluding tert-OH is 1. The number of aromatic amines is 1. The molecular weight excluding hydrogens is 310 g/mol. The first-order valence-corrected chi connectivity index (χ1v) is 6.86. The van der Waals surface area contributed by atoms with Crippen LogP contribution in [0.1, 0.15) is 17.6 Å². The third kappa shape index (κ3) is 2.66. The first-order chi connectivity index (χ1) is 10.6. The molecule has 0 radical (unpaired) electrons. The number of hydrogen-bond donors (Lipinski definition) is 3. The molecule has 8 nitrogen and oxygen atoms in total. The van der Waals surface area contributed by atoms with E-state index in [4.69, 9.17) is 21.2 Å². The third-order valence-corrected chi connectivity index (χ3v) is 3.35. The molecule has 3 N–H and O–H groups in total. The molecule has 3 rings (SSSR count). The molecule has 0 bridgehead atoms. The van der Waals surface area contributed by atoms with Crippen molar-refractivity contribution in [2.45, 2.75) is 13.0 Å². The van der Waals surface area contributed by atoms with Gasteiger partial charge in [-0.05, 0) is 13.0 Å². The van der Waals surface area contributed by atoms with E-state index < -0.39 is 12.0 Å². The fraction of sp³-hybridized carbons (Fsp3) is 0.231. The fourth-order valence-corrected chi connectivity index (χ4v) is 2.16. The number of pyridine rings is 1. The first-order valence-electron chi connectivity index (χ1n) is 6.48. The predicted molar refractivity (Wildman–Crippen MR) is 78.4 cm³/mol. The number of amides is 1. The van der Waals surface area contributed by atoms with E-state index in [1.165, 1.54) is 6.20 Å². The lowest BCUT2D eigenvalue weighted by Gasteiger charge is -2.03. The lowest BCUT2D eigenvalue weighted by atomic mass is 10.2. The minimum Gasteiger partial charge on any atom is -0.392 e. The van der Waals surface area contributed by atoms with Crippen LogP contribution < -0.4 is 5.32 Å². The number of carbonyl (C=O) groups is 1. The Balaban J connectivity index is 1.89. The van der Waals surface area contributed by atoms with E-state index in [0.717, 1.165) is 5.39 Å². The number of H-pyrrole nitrogens is 1. The standard InChI is InChI=1S/C13H12ClN5O3/c1-6(20)4-17-12(21)13-18-11(19-22-13)8-5-16-10-7(9(8)14)2-3-15-10/h2-3,5-6,20H,4H2,1H3,(H,15,16)(H,17,21). The van der Waals surface area contributed by atoms with Crippen molar-refractivity contribution in [2.24, 2.45) is 0 Å². The van der Waals surface area contributed by atoms with Gasteiger partial charge in [0.15, 0.2) is 0 Å². The maximum absolute atomic E-state index is 11.8. The van der Waals surface area contributed by atoms with Crippen LogP contribution >= 0.6 is 11.6 Å². The molecule has 0 spiro atoms. The van der Waals surface area contributed by atoms with E-state index in [0.29, 0.717) is 16.2 Å². The summed E-state index contributed by atoms with van der Waals surface area (Å²) in [6.07, 6.45) is 2.56. The molecule has 0 saturated carbocycles. The maximum Gasteiger partial charge on any atom is 0.316 e. The molecule has 22 heavy (non-hydrogen) atoms. The summed E-state index contributed by atoms with van der Waals surface area (Å²) in [5, 5.41) is 16.5. The highest BCUT2D eigenvalue weighted by molar-refractivity contribution is 6.37. The first kappa shape index (κ1) is 14.5. The van der Waals surface area contributed by atoms with Gasteiger partial charge < -0.3 is 19.9 Å². The number of hydrogen-bond acceptors (Lipinski definition) is 6. The molecule has 1 unspecified atom stereocenters. The Hall–Kier alpha value is -2.45. The highest BCUT2D eigenvalue weighted by atomic mass is 35.5. The van der Waals surface area contributed by atoms with Gasteiger partial charge in [-0.15, -0.1) is 0 Å². The third-order valence-electron chi connectivity index (χ3n) is 2.94. The van der Waals surface area contributed by atoms with Gasteiger partial charge in [0.1, 0.15) is 5.65 Å². The number of aliphatic hydroxyl groups is 1. The molecular formula is C13H12ClN5O3. The smallest absolute Gasteiger partial charge is 0.316 e. The summed E-state index contributed by atoms with van der Waals surface area (Å²) < 4.78 is 4.91. The van der Waals surface area contributed by atoms with E-state index in [-0.39, 0.29) is 18.3 Å². The van der Waals surface area contributed by atoms with Gasteiger partial charge in [-0.25, -0.2) is 4.98 Å². The zero-order chi connectivity index (χ0) is 15.7. The van der Waals surface area contributed by atoms with Crippen LogP contribution in [0, 0.1) is 0 Å². The molecule has 1 amide bonds. The Morgan fingerprint density at radius 2 is 2.41 bits per heavy atom. The molecule has 114 valence electrons. The van der Waals surface area contributed by atoms with Crippen molar-refractivity contribution >= 4 is 28.5 Å². The quantitative estimate of drug-likeness (QED) is 0.668. The molecule has 0 aliphatic heterocycles. The maximum atomic E-state index is 11.8. The summed E-state index contributed by atoms with van der Waals surface area (Å²) in [7, 11) is 0. The number of rotatable bonds is 4. The second-order valence-electron chi connectivity index (χ2n) is 4.71. The van der Waals surface area contributed by atoms with Crippen molar-refractivity contribution in [3.63, 3.8) is 0 Å². The highest BCUT2D eigenvalue weighted by Gasteiger charge is 2.19. The van der Waals surface area contributed by atoms with Gasteiger partial charge in [-0.2, -0.15) is 4.98 Å². The highest BCUT2D eigenvalue weighted by Crippen LogP contribution is 2.30. The fourth-order valence-electron chi connectivity index (χ4n) is 1.87. The largest absolute Gasteiger partial charge is 0.392 e. The summed E-state index contributed by atoms with van der Waals surface area (Å²) in [5.74, 6) is -0.602. The molecule has 0 saturated heterocycles. The Morgan fingerprint density at radius 3 is 3.18 bits per heavy atom. The number of halogens is 1. The Bertz CT molecular complexity index is 826. The van der Waals surface area contributed by atoms with Gasteiger partial charge in [-0.1, -0.05) is 16.8 Å². The van der Waals surface area contributed by atoms with Crippen LogP contribution in [0.15, 0.2) is 23.0 Å². The van der Waals surface area contributed by atoms with Crippen LogP contribution in [0.4, 0.5) is 0 Å².